The zero-order valence-corrected chi connectivity index (χ0v) is 11.7. The lowest BCUT2D eigenvalue weighted by atomic mass is 10.1. The molecule has 6 heteroatoms. The van der Waals surface area contributed by atoms with E-state index in [4.69, 9.17) is 0 Å². The first kappa shape index (κ1) is 12.4. The minimum absolute atomic E-state index is 0.529. The van der Waals surface area contributed by atoms with Crippen molar-refractivity contribution in [1.29, 1.82) is 0 Å². The summed E-state index contributed by atoms with van der Waals surface area (Å²) in [6.45, 7) is 4.34. The topological polar surface area (TPSA) is 66.0 Å². The van der Waals surface area contributed by atoms with Gasteiger partial charge in [0.1, 0.15) is 0 Å². The van der Waals surface area contributed by atoms with Crippen LogP contribution in [0.25, 0.3) is 0 Å². The SMILES string of the molecule is CNc1nc(NC2CC2C)nc(N2CCCCC2)n1. The Bertz CT molecular complexity index is 443. The molecule has 1 aliphatic heterocycles. The molecule has 2 atom stereocenters. The fourth-order valence-electron chi connectivity index (χ4n) is 2.47. The molecular weight excluding hydrogens is 240 g/mol. The Morgan fingerprint density at radius 2 is 1.74 bits per heavy atom. The Morgan fingerprint density at radius 3 is 2.37 bits per heavy atom. The molecule has 2 heterocycles. The first-order chi connectivity index (χ1) is 9.26. The lowest BCUT2D eigenvalue weighted by molar-refractivity contribution is 0.568. The van der Waals surface area contributed by atoms with Gasteiger partial charge in [-0.2, -0.15) is 15.0 Å². The number of nitrogens with one attached hydrogen (secondary N) is 2. The molecule has 1 aliphatic carbocycles. The summed E-state index contributed by atoms with van der Waals surface area (Å²) < 4.78 is 0. The van der Waals surface area contributed by atoms with Crippen LogP contribution in [0, 0.1) is 5.92 Å². The molecular formula is C13H22N6. The molecule has 0 bridgehead atoms. The van der Waals surface area contributed by atoms with Crippen molar-refractivity contribution in [2.45, 2.75) is 38.6 Å². The van der Waals surface area contributed by atoms with Crippen LogP contribution in [0.1, 0.15) is 32.6 Å². The van der Waals surface area contributed by atoms with Crippen LogP contribution in [0.5, 0.6) is 0 Å². The molecule has 0 aromatic carbocycles. The van der Waals surface area contributed by atoms with Crippen molar-refractivity contribution in [3.63, 3.8) is 0 Å². The van der Waals surface area contributed by atoms with E-state index in [1.54, 1.807) is 0 Å². The van der Waals surface area contributed by atoms with Crippen molar-refractivity contribution in [1.82, 2.24) is 15.0 Å². The average molecular weight is 262 g/mol. The third-order valence-corrected chi connectivity index (χ3v) is 3.91. The van der Waals surface area contributed by atoms with Gasteiger partial charge in [-0.15, -0.1) is 0 Å². The molecule has 0 spiro atoms. The Kier molecular flexibility index (Phi) is 3.40. The van der Waals surface area contributed by atoms with E-state index >= 15 is 0 Å². The summed E-state index contributed by atoms with van der Waals surface area (Å²) in [5.41, 5.74) is 0. The van der Waals surface area contributed by atoms with E-state index in [-0.39, 0.29) is 0 Å². The van der Waals surface area contributed by atoms with Gasteiger partial charge < -0.3 is 15.5 Å². The molecule has 6 nitrogen and oxygen atoms in total. The van der Waals surface area contributed by atoms with Gasteiger partial charge in [0.25, 0.3) is 0 Å². The summed E-state index contributed by atoms with van der Waals surface area (Å²) >= 11 is 0. The summed E-state index contributed by atoms with van der Waals surface area (Å²) in [6.07, 6.45) is 4.97. The van der Waals surface area contributed by atoms with Crippen LogP contribution in [0.4, 0.5) is 17.8 Å². The monoisotopic (exact) mass is 262 g/mol. The summed E-state index contributed by atoms with van der Waals surface area (Å²) in [6, 6.07) is 0.529. The summed E-state index contributed by atoms with van der Waals surface area (Å²) in [7, 11) is 1.85. The average Bonchev–Trinajstić information content (AvgIpc) is 3.14. The Hall–Kier alpha value is -1.59. The second-order valence-electron chi connectivity index (χ2n) is 5.54. The van der Waals surface area contributed by atoms with Crippen LogP contribution in [0.3, 0.4) is 0 Å². The van der Waals surface area contributed by atoms with Gasteiger partial charge in [0, 0.05) is 26.2 Å². The highest BCUT2D eigenvalue weighted by atomic mass is 15.3. The van der Waals surface area contributed by atoms with Gasteiger partial charge in [0.2, 0.25) is 17.8 Å². The van der Waals surface area contributed by atoms with Crippen molar-refractivity contribution in [2.24, 2.45) is 5.92 Å². The fourth-order valence-corrected chi connectivity index (χ4v) is 2.47. The molecule has 2 fully saturated rings. The van der Waals surface area contributed by atoms with Gasteiger partial charge >= 0.3 is 0 Å². The quantitative estimate of drug-likeness (QED) is 0.861. The molecule has 1 saturated heterocycles. The maximum atomic E-state index is 4.57. The minimum Gasteiger partial charge on any atom is -0.357 e. The Morgan fingerprint density at radius 1 is 1.05 bits per heavy atom. The molecule has 2 aliphatic rings. The third kappa shape index (κ3) is 2.88. The predicted molar refractivity (Wildman–Crippen MR) is 76.6 cm³/mol. The molecule has 2 unspecified atom stereocenters. The molecule has 1 aromatic heterocycles. The summed E-state index contributed by atoms with van der Waals surface area (Å²) in [5.74, 6) is 2.88. The second-order valence-corrected chi connectivity index (χ2v) is 5.54. The molecule has 3 rings (SSSR count). The number of hydrogen-bond donors (Lipinski definition) is 2. The van der Waals surface area contributed by atoms with E-state index < -0.39 is 0 Å². The number of rotatable bonds is 4. The highest BCUT2D eigenvalue weighted by Crippen LogP contribution is 2.32. The molecule has 1 aromatic rings. The normalized spacial score (nSPS) is 26.1. The zero-order valence-electron chi connectivity index (χ0n) is 11.7. The molecule has 0 radical (unpaired) electrons. The van der Waals surface area contributed by atoms with Crippen LogP contribution in [-0.2, 0) is 0 Å². The maximum Gasteiger partial charge on any atom is 0.231 e. The van der Waals surface area contributed by atoms with Crippen molar-refractivity contribution in [3.8, 4) is 0 Å². The Balaban J connectivity index is 1.79. The largest absolute Gasteiger partial charge is 0.357 e. The van der Waals surface area contributed by atoms with Gasteiger partial charge in [-0.1, -0.05) is 6.92 Å². The van der Waals surface area contributed by atoms with E-state index in [0.717, 1.165) is 25.0 Å². The van der Waals surface area contributed by atoms with Crippen molar-refractivity contribution in [2.75, 3.05) is 35.7 Å². The van der Waals surface area contributed by atoms with Gasteiger partial charge in [-0.3, -0.25) is 0 Å². The van der Waals surface area contributed by atoms with E-state index in [1.807, 2.05) is 7.05 Å². The standard InChI is InChI=1S/C13H22N6/c1-9-8-10(9)15-12-16-11(14-2)17-13(18-12)19-6-4-3-5-7-19/h9-10H,3-8H2,1-2H3,(H2,14,15,16,17,18). The third-order valence-electron chi connectivity index (χ3n) is 3.91. The molecule has 1 saturated carbocycles. The van der Waals surface area contributed by atoms with E-state index in [2.05, 4.69) is 37.4 Å². The zero-order chi connectivity index (χ0) is 13.2. The van der Waals surface area contributed by atoms with Crippen LogP contribution in [-0.4, -0.2) is 41.1 Å². The smallest absolute Gasteiger partial charge is 0.231 e. The van der Waals surface area contributed by atoms with Gasteiger partial charge in [0.05, 0.1) is 0 Å². The minimum atomic E-state index is 0.529. The van der Waals surface area contributed by atoms with Crippen LogP contribution in [0.2, 0.25) is 0 Å². The number of aromatic nitrogens is 3. The van der Waals surface area contributed by atoms with E-state index in [9.17, 15) is 0 Å². The van der Waals surface area contributed by atoms with Gasteiger partial charge in [0.15, 0.2) is 0 Å². The molecule has 0 amide bonds. The second kappa shape index (κ2) is 5.19. The highest BCUT2D eigenvalue weighted by molar-refractivity contribution is 5.44. The van der Waals surface area contributed by atoms with Gasteiger partial charge in [-0.05, 0) is 31.6 Å². The lowest BCUT2D eigenvalue weighted by Gasteiger charge is -2.26. The molecule has 2 N–H and O–H groups in total. The number of hydrogen-bond acceptors (Lipinski definition) is 6. The van der Waals surface area contributed by atoms with Gasteiger partial charge in [-0.25, -0.2) is 0 Å². The maximum absolute atomic E-state index is 4.57. The van der Waals surface area contributed by atoms with Crippen LogP contribution >= 0.6 is 0 Å². The predicted octanol–water partition coefficient (Wildman–Crippen LogP) is 1.72. The van der Waals surface area contributed by atoms with E-state index in [1.165, 1.54) is 25.7 Å². The van der Waals surface area contributed by atoms with Crippen molar-refractivity contribution in [3.05, 3.63) is 0 Å². The summed E-state index contributed by atoms with van der Waals surface area (Å²) in [4.78, 5) is 15.7. The first-order valence-corrected chi connectivity index (χ1v) is 7.21. The molecule has 19 heavy (non-hydrogen) atoms. The first-order valence-electron chi connectivity index (χ1n) is 7.21. The van der Waals surface area contributed by atoms with Crippen molar-refractivity contribution >= 4 is 17.8 Å². The van der Waals surface area contributed by atoms with Crippen LogP contribution in [0.15, 0.2) is 0 Å². The fraction of sp³-hybridized carbons (Fsp3) is 0.769. The number of anilines is 3. The highest BCUT2D eigenvalue weighted by Gasteiger charge is 2.33. The number of piperidine rings is 1. The summed E-state index contributed by atoms with van der Waals surface area (Å²) in [5, 5.41) is 6.41. The Labute approximate surface area is 114 Å². The van der Waals surface area contributed by atoms with E-state index in [0.29, 0.717) is 17.9 Å². The number of nitrogens with zero attached hydrogens (tertiary/aromatic N) is 4. The lowest BCUT2D eigenvalue weighted by Crippen LogP contribution is -2.31. The molecule has 104 valence electrons. The van der Waals surface area contributed by atoms with Crippen molar-refractivity contribution < 1.29 is 0 Å². The van der Waals surface area contributed by atoms with Crippen LogP contribution < -0.4 is 15.5 Å².